The van der Waals surface area contributed by atoms with Crippen LogP contribution in [0.1, 0.15) is 25.7 Å². The van der Waals surface area contributed by atoms with E-state index in [4.69, 9.17) is 10.4 Å². The van der Waals surface area contributed by atoms with Crippen molar-refractivity contribution in [1.82, 2.24) is 4.90 Å². The summed E-state index contributed by atoms with van der Waals surface area (Å²) in [7, 11) is 0. The summed E-state index contributed by atoms with van der Waals surface area (Å²) in [4.78, 5) is 2.40. The first-order valence-electron chi connectivity index (χ1n) is 5.11. The molecule has 0 aromatic heterocycles. The lowest BCUT2D eigenvalue weighted by Crippen LogP contribution is -2.43. The molecule has 0 aromatic carbocycles. The van der Waals surface area contributed by atoms with E-state index in [-0.39, 0.29) is 12.5 Å². The molecule has 3 nitrogen and oxygen atoms in total. The van der Waals surface area contributed by atoms with Crippen LogP contribution >= 0.6 is 0 Å². The minimum Gasteiger partial charge on any atom is -0.395 e. The maximum Gasteiger partial charge on any atom is 0.0656 e. The summed E-state index contributed by atoms with van der Waals surface area (Å²) in [5.41, 5.74) is 0. The van der Waals surface area contributed by atoms with E-state index in [2.05, 4.69) is 11.0 Å². The molecule has 1 N–H and O–H groups in total. The summed E-state index contributed by atoms with van der Waals surface area (Å²) in [6.45, 7) is 1.29. The standard InChI is InChI=1S/C10H16N2O/c11-6-8-3-4-12-9(5-8)1-2-10(12)7-13/h8-10,13H,1-5,7H2/t8?,9-,10-/m0/s1. The molecule has 3 heteroatoms. The smallest absolute Gasteiger partial charge is 0.0656 e. The maximum absolute atomic E-state index is 9.12. The molecule has 2 saturated heterocycles. The molecule has 0 saturated carbocycles. The van der Waals surface area contributed by atoms with E-state index in [0.29, 0.717) is 12.1 Å². The van der Waals surface area contributed by atoms with Crippen LogP contribution in [0.5, 0.6) is 0 Å². The maximum atomic E-state index is 9.12. The first kappa shape index (κ1) is 8.98. The van der Waals surface area contributed by atoms with Crippen molar-refractivity contribution in [2.45, 2.75) is 37.8 Å². The van der Waals surface area contributed by atoms with Gasteiger partial charge in [-0.05, 0) is 25.7 Å². The lowest BCUT2D eigenvalue weighted by Gasteiger charge is -2.35. The number of aliphatic hydroxyl groups excluding tert-OH is 1. The molecule has 72 valence electrons. The average Bonchev–Trinajstić information content (AvgIpc) is 2.59. The van der Waals surface area contributed by atoms with Crippen LogP contribution in [0.3, 0.4) is 0 Å². The molecule has 0 bridgehead atoms. The second-order valence-corrected chi connectivity index (χ2v) is 4.16. The van der Waals surface area contributed by atoms with Gasteiger partial charge in [0.15, 0.2) is 0 Å². The van der Waals surface area contributed by atoms with Crippen LogP contribution in [0.25, 0.3) is 0 Å². The number of fused-ring (bicyclic) bond motifs is 1. The van der Waals surface area contributed by atoms with Gasteiger partial charge >= 0.3 is 0 Å². The quantitative estimate of drug-likeness (QED) is 0.647. The van der Waals surface area contributed by atoms with Gasteiger partial charge in [-0.1, -0.05) is 0 Å². The molecule has 13 heavy (non-hydrogen) atoms. The summed E-state index contributed by atoms with van der Waals surface area (Å²) >= 11 is 0. The highest BCUT2D eigenvalue weighted by Crippen LogP contribution is 2.33. The Labute approximate surface area is 79.0 Å². The number of rotatable bonds is 1. The van der Waals surface area contributed by atoms with Crippen LogP contribution in [-0.4, -0.2) is 35.2 Å². The predicted octanol–water partition coefficient (Wildman–Crippen LogP) is 0.745. The molecular weight excluding hydrogens is 164 g/mol. The van der Waals surface area contributed by atoms with E-state index in [1.165, 1.54) is 6.42 Å². The van der Waals surface area contributed by atoms with Gasteiger partial charge < -0.3 is 5.11 Å². The number of hydrogen-bond acceptors (Lipinski definition) is 3. The number of nitriles is 1. The Balaban J connectivity index is 1.98. The van der Waals surface area contributed by atoms with Crippen LogP contribution in [0.2, 0.25) is 0 Å². The molecule has 2 aliphatic rings. The molecule has 0 spiro atoms. The van der Waals surface area contributed by atoms with Gasteiger partial charge in [0.05, 0.1) is 12.7 Å². The zero-order valence-electron chi connectivity index (χ0n) is 7.82. The molecule has 0 amide bonds. The van der Waals surface area contributed by atoms with Gasteiger partial charge in [-0.2, -0.15) is 5.26 Å². The highest BCUT2D eigenvalue weighted by atomic mass is 16.3. The van der Waals surface area contributed by atoms with E-state index >= 15 is 0 Å². The van der Waals surface area contributed by atoms with Crippen LogP contribution in [0.4, 0.5) is 0 Å². The van der Waals surface area contributed by atoms with Crippen molar-refractivity contribution >= 4 is 0 Å². The van der Waals surface area contributed by atoms with E-state index in [9.17, 15) is 0 Å². The number of hydrogen-bond donors (Lipinski definition) is 1. The van der Waals surface area contributed by atoms with Crippen LogP contribution in [-0.2, 0) is 0 Å². The minimum atomic E-state index is 0.263. The molecule has 0 aliphatic carbocycles. The fraction of sp³-hybridized carbons (Fsp3) is 0.900. The third kappa shape index (κ3) is 1.56. The molecule has 2 fully saturated rings. The van der Waals surface area contributed by atoms with E-state index in [0.717, 1.165) is 25.8 Å². The lowest BCUT2D eigenvalue weighted by molar-refractivity contribution is 0.0926. The fourth-order valence-electron chi connectivity index (χ4n) is 2.70. The first-order chi connectivity index (χ1) is 6.35. The Morgan fingerprint density at radius 2 is 2.23 bits per heavy atom. The minimum absolute atomic E-state index is 0.263. The van der Waals surface area contributed by atoms with E-state index in [1.54, 1.807) is 0 Å². The molecular formula is C10H16N2O. The van der Waals surface area contributed by atoms with Gasteiger partial charge in [-0.25, -0.2) is 0 Å². The monoisotopic (exact) mass is 180 g/mol. The zero-order valence-corrected chi connectivity index (χ0v) is 7.82. The Morgan fingerprint density at radius 1 is 1.38 bits per heavy atom. The second-order valence-electron chi connectivity index (χ2n) is 4.16. The van der Waals surface area contributed by atoms with Gasteiger partial charge in [0.1, 0.15) is 0 Å². The van der Waals surface area contributed by atoms with Crippen molar-refractivity contribution in [3.8, 4) is 6.07 Å². The van der Waals surface area contributed by atoms with Gasteiger partial charge in [0.25, 0.3) is 0 Å². The molecule has 2 aliphatic heterocycles. The average molecular weight is 180 g/mol. The molecule has 2 heterocycles. The van der Waals surface area contributed by atoms with Crippen molar-refractivity contribution in [3.63, 3.8) is 0 Å². The third-order valence-corrected chi connectivity index (χ3v) is 3.46. The lowest BCUT2D eigenvalue weighted by atomic mass is 9.92. The molecule has 0 radical (unpaired) electrons. The highest BCUT2D eigenvalue weighted by molar-refractivity contribution is 4.97. The van der Waals surface area contributed by atoms with Crippen molar-refractivity contribution in [2.24, 2.45) is 5.92 Å². The Bertz CT molecular complexity index is 223. The highest BCUT2D eigenvalue weighted by Gasteiger charge is 2.37. The van der Waals surface area contributed by atoms with E-state index < -0.39 is 0 Å². The summed E-state index contributed by atoms with van der Waals surface area (Å²) in [6.07, 6.45) is 4.29. The van der Waals surface area contributed by atoms with E-state index in [1.807, 2.05) is 0 Å². The zero-order chi connectivity index (χ0) is 9.26. The molecule has 3 atom stereocenters. The van der Waals surface area contributed by atoms with Crippen molar-refractivity contribution < 1.29 is 5.11 Å². The summed E-state index contributed by atoms with van der Waals surface area (Å²) in [6, 6.07) is 3.32. The van der Waals surface area contributed by atoms with Gasteiger partial charge in [0.2, 0.25) is 0 Å². The topological polar surface area (TPSA) is 47.3 Å². The molecule has 1 unspecified atom stereocenters. The first-order valence-corrected chi connectivity index (χ1v) is 5.11. The normalized spacial score (nSPS) is 39.8. The summed E-state index contributed by atoms with van der Waals surface area (Å²) < 4.78 is 0. The molecule has 2 rings (SSSR count). The number of aliphatic hydroxyl groups is 1. The Kier molecular flexibility index (Phi) is 2.52. The Hall–Kier alpha value is -0.590. The van der Waals surface area contributed by atoms with Gasteiger partial charge in [0, 0.05) is 24.5 Å². The van der Waals surface area contributed by atoms with Gasteiger partial charge in [-0.15, -0.1) is 0 Å². The van der Waals surface area contributed by atoms with Crippen LogP contribution in [0.15, 0.2) is 0 Å². The van der Waals surface area contributed by atoms with Crippen molar-refractivity contribution in [2.75, 3.05) is 13.2 Å². The molecule has 0 aromatic rings. The Morgan fingerprint density at radius 3 is 2.92 bits per heavy atom. The number of nitrogens with zero attached hydrogens (tertiary/aromatic N) is 2. The van der Waals surface area contributed by atoms with Crippen LogP contribution < -0.4 is 0 Å². The second kappa shape index (κ2) is 3.65. The predicted molar refractivity (Wildman–Crippen MR) is 48.9 cm³/mol. The van der Waals surface area contributed by atoms with Crippen molar-refractivity contribution in [3.05, 3.63) is 0 Å². The largest absolute Gasteiger partial charge is 0.395 e. The number of piperidine rings is 1. The van der Waals surface area contributed by atoms with Gasteiger partial charge in [-0.3, -0.25) is 4.90 Å². The SMILES string of the molecule is N#CC1CCN2[C@H](CO)CC[C@H]2C1. The summed E-state index contributed by atoms with van der Waals surface area (Å²) in [5.74, 6) is 0.263. The van der Waals surface area contributed by atoms with Crippen LogP contribution in [0, 0.1) is 17.2 Å². The fourth-order valence-corrected chi connectivity index (χ4v) is 2.70. The van der Waals surface area contributed by atoms with Crippen molar-refractivity contribution in [1.29, 1.82) is 5.26 Å². The summed E-state index contributed by atoms with van der Waals surface area (Å²) in [5, 5.41) is 17.9. The third-order valence-electron chi connectivity index (χ3n) is 3.46.